The molecule has 0 N–H and O–H groups in total. The van der Waals surface area contributed by atoms with Gasteiger partial charge in [-0.25, -0.2) is 4.98 Å². The number of thioether (sulfide) groups is 1. The fourth-order valence-electron chi connectivity index (χ4n) is 3.07. The molecule has 152 valence electrons. The average molecular weight is 436 g/mol. The van der Waals surface area contributed by atoms with Crippen molar-refractivity contribution in [1.82, 2.24) is 15.2 Å². The summed E-state index contributed by atoms with van der Waals surface area (Å²) in [5.41, 5.74) is 3.81. The Morgan fingerprint density at radius 1 is 1.00 bits per heavy atom. The quantitative estimate of drug-likeness (QED) is 0.338. The highest BCUT2D eigenvalue weighted by atomic mass is 32.2. The van der Waals surface area contributed by atoms with Gasteiger partial charge in [0.2, 0.25) is 0 Å². The Morgan fingerprint density at radius 3 is 2.57 bits per heavy atom. The van der Waals surface area contributed by atoms with Crippen molar-refractivity contribution in [3.8, 4) is 22.8 Å². The van der Waals surface area contributed by atoms with Gasteiger partial charge in [-0.15, -0.1) is 21.5 Å². The second kappa shape index (κ2) is 9.28. The van der Waals surface area contributed by atoms with Gasteiger partial charge in [-0.1, -0.05) is 54.2 Å². The maximum absolute atomic E-state index is 5.44. The normalized spacial score (nSPS) is 11.3. The summed E-state index contributed by atoms with van der Waals surface area (Å²) in [5, 5.41) is 10.9. The van der Waals surface area contributed by atoms with E-state index in [0.717, 1.165) is 37.3 Å². The van der Waals surface area contributed by atoms with Gasteiger partial charge in [0.05, 0.1) is 23.9 Å². The number of rotatable bonds is 7. The van der Waals surface area contributed by atoms with Gasteiger partial charge in [0.25, 0.3) is 0 Å². The molecule has 0 aliphatic heterocycles. The van der Waals surface area contributed by atoms with Gasteiger partial charge in [-0.2, -0.15) is 0 Å². The molecule has 0 aliphatic rings. The predicted octanol–water partition coefficient (Wildman–Crippen LogP) is 5.88. The minimum absolute atomic E-state index is 0.663. The minimum Gasteiger partial charge on any atom is -0.493 e. The van der Waals surface area contributed by atoms with E-state index in [1.54, 1.807) is 37.3 Å². The monoisotopic (exact) mass is 435 g/mol. The van der Waals surface area contributed by atoms with Crippen LogP contribution >= 0.6 is 23.1 Å². The molecule has 0 fully saturated rings. The molecule has 2 heterocycles. The van der Waals surface area contributed by atoms with Gasteiger partial charge in [0, 0.05) is 11.3 Å². The lowest BCUT2D eigenvalue weighted by molar-refractivity contribution is 0.355. The molecule has 0 bridgehead atoms. The van der Waals surface area contributed by atoms with Gasteiger partial charge < -0.3 is 9.47 Å². The summed E-state index contributed by atoms with van der Waals surface area (Å²) in [4.78, 5) is 4.73. The molecule has 0 amide bonds. The third kappa shape index (κ3) is 4.32. The Morgan fingerprint density at radius 2 is 1.80 bits per heavy atom. The first-order valence-electron chi connectivity index (χ1n) is 9.40. The molecule has 0 atom stereocenters. The van der Waals surface area contributed by atoms with Gasteiger partial charge in [-0.3, -0.25) is 0 Å². The highest BCUT2D eigenvalue weighted by Gasteiger charge is 2.17. The van der Waals surface area contributed by atoms with E-state index in [-0.39, 0.29) is 0 Å². The number of aryl methyl sites for hydroxylation is 1. The van der Waals surface area contributed by atoms with Crippen LogP contribution in [-0.2, 0) is 0 Å². The number of benzene rings is 2. The summed E-state index contributed by atoms with van der Waals surface area (Å²) >= 11 is 3.27. The van der Waals surface area contributed by atoms with E-state index in [2.05, 4.69) is 34.5 Å². The van der Waals surface area contributed by atoms with Crippen molar-refractivity contribution in [2.45, 2.75) is 11.9 Å². The van der Waals surface area contributed by atoms with E-state index in [9.17, 15) is 0 Å². The fraction of sp³-hybridized carbons (Fsp3) is 0.174. The van der Waals surface area contributed by atoms with Crippen molar-refractivity contribution in [1.29, 1.82) is 0 Å². The second-order valence-corrected chi connectivity index (χ2v) is 8.67. The van der Waals surface area contributed by atoms with Crippen LogP contribution in [0.1, 0.15) is 10.6 Å². The fourth-order valence-corrected chi connectivity index (χ4v) is 4.79. The predicted molar refractivity (Wildman–Crippen MR) is 125 cm³/mol. The van der Waals surface area contributed by atoms with E-state index in [0.29, 0.717) is 11.5 Å². The van der Waals surface area contributed by atoms with Crippen LogP contribution in [0.5, 0.6) is 11.5 Å². The number of aromatic nitrogens is 3. The molecule has 2 aromatic carbocycles. The van der Waals surface area contributed by atoms with Crippen molar-refractivity contribution in [3.05, 3.63) is 65.2 Å². The molecule has 2 aromatic heterocycles. The van der Waals surface area contributed by atoms with Crippen molar-refractivity contribution >= 4 is 39.4 Å². The van der Waals surface area contributed by atoms with E-state index < -0.39 is 0 Å². The van der Waals surface area contributed by atoms with Gasteiger partial charge in [0.15, 0.2) is 11.5 Å². The standard InChI is InChI=1S/C23H21N3O2S2/c1-15-24-21-22(30-15)20(17-11-12-18(27-2)19(14-17)28-3)25-26-23(21)29-13-7-10-16-8-5-4-6-9-16/h4-12,14H,13H2,1-3H3/b10-7+. The van der Waals surface area contributed by atoms with E-state index in [1.807, 2.05) is 43.3 Å². The molecule has 7 heteroatoms. The maximum atomic E-state index is 5.44. The number of thiazole rings is 1. The molecular formula is C23H21N3O2S2. The van der Waals surface area contributed by atoms with E-state index in [1.165, 1.54) is 5.56 Å². The highest BCUT2D eigenvalue weighted by molar-refractivity contribution is 7.99. The number of ether oxygens (including phenoxy) is 2. The van der Waals surface area contributed by atoms with E-state index >= 15 is 0 Å². The van der Waals surface area contributed by atoms with Crippen LogP contribution in [0.3, 0.4) is 0 Å². The lowest BCUT2D eigenvalue weighted by Crippen LogP contribution is -1.95. The molecular weight excluding hydrogens is 414 g/mol. The van der Waals surface area contributed by atoms with Crippen LogP contribution in [0.25, 0.3) is 27.6 Å². The van der Waals surface area contributed by atoms with Crippen molar-refractivity contribution in [3.63, 3.8) is 0 Å². The van der Waals surface area contributed by atoms with Crippen molar-refractivity contribution in [2.75, 3.05) is 20.0 Å². The van der Waals surface area contributed by atoms with Gasteiger partial charge in [0.1, 0.15) is 16.2 Å². The number of fused-ring (bicyclic) bond motifs is 1. The SMILES string of the molecule is COc1ccc(-c2nnc(SC/C=C/c3ccccc3)c3nc(C)sc23)cc1OC. The zero-order valence-electron chi connectivity index (χ0n) is 17.0. The van der Waals surface area contributed by atoms with Crippen LogP contribution in [0.15, 0.2) is 59.6 Å². The Bertz CT molecular complexity index is 1190. The van der Waals surface area contributed by atoms with Crippen molar-refractivity contribution < 1.29 is 9.47 Å². The number of methoxy groups -OCH3 is 2. The first-order valence-corrected chi connectivity index (χ1v) is 11.2. The third-order valence-electron chi connectivity index (χ3n) is 4.48. The summed E-state index contributed by atoms with van der Waals surface area (Å²) in [6, 6.07) is 16.0. The Hall–Kier alpha value is -2.90. The van der Waals surface area contributed by atoms with Crippen LogP contribution in [-0.4, -0.2) is 35.2 Å². The summed E-state index contributed by atoms with van der Waals surface area (Å²) in [5.74, 6) is 2.14. The average Bonchev–Trinajstić information content (AvgIpc) is 3.18. The number of hydrogen-bond acceptors (Lipinski definition) is 7. The molecule has 4 aromatic rings. The highest BCUT2D eigenvalue weighted by Crippen LogP contribution is 2.38. The van der Waals surface area contributed by atoms with Crippen LogP contribution in [0, 0.1) is 6.92 Å². The smallest absolute Gasteiger partial charge is 0.161 e. The molecule has 4 rings (SSSR count). The second-order valence-electron chi connectivity index (χ2n) is 6.46. The molecule has 0 saturated heterocycles. The molecule has 0 radical (unpaired) electrons. The lowest BCUT2D eigenvalue weighted by atomic mass is 10.1. The van der Waals surface area contributed by atoms with Gasteiger partial charge >= 0.3 is 0 Å². The van der Waals surface area contributed by atoms with E-state index in [4.69, 9.17) is 14.5 Å². The Labute approximate surface area is 183 Å². The molecule has 0 unspecified atom stereocenters. The summed E-state index contributed by atoms with van der Waals surface area (Å²) in [7, 11) is 3.25. The van der Waals surface area contributed by atoms with Gasteiger partial charge in [-0.05, 0) is 30.7 Å². The molecule has 0 aliphatic carbocycles. The van der Waals surface area contributed by atoms with Crippen LogP contribution in [0.4, 0.5) is 0 Å². The third-order valence-corrected chi connectivity index (χ3v) is 6.36. The largest absolute Gasteiger partial charge is 0.493 e. The number of hydrogen-bond donors (Lipinski definition) is 0. The Kier molecular flexibility index (Phi) is 6.30. The van der Waals surface area contributed by atoms with Crippen molar-refractivity contribution in [2.24, 2.45) is 0 Å². The molecule has 0 spiro atoms. The molecule has 30 heavy (non-hydrogen) atoms. The first kappa shape index (κ1) is 20.4. The Balaban J connectivity index is 1.63. The topological polar surface area (TPSA) is 57.1 Å². The first-order chi connectivity index (χ1) is 14.7. The zero-order valence-corrected chi connectivity index (χ0v) is 18.6. The summed E-state index contributed by atoms with van der Waals surface area (Å²) < 4.78 is 11.8. The zero-order chi connectivity index (χ0) is 20.9. The number of nitrogens with zero attached hydrogens (tertiary/aromatic N) is 3. The van der Waals surface area contributed by atoms with Crippen LogP contribution < -0.4 is 9.47 Å². The minimum atomic E-state index is 0.663. The molecule has 0 saturated carbocycles. The molecule has 5 nitrogen and oxygen atoms in total. The summed E-state index contributed by atoms with van der Waals surface area (Å²) in [6.07, 6.45) is 4.25. The van der Waals surface area contributed by atoms with Crippen LogP contribution in [0.2, 0.25) is 0 Å². The lowest BCUT2D eigenvalue weighted by Gasteiger charge is -2.10. The summed E-state index contributed by atoms with van der Waals surface area (Å²) in [6.45, 7) is 2.01. The maximum Gasteiger partial charge on any atom is 0.161 e.